The van der Waals surface area contributed by atoms with Gasteiger partial charge in [-0.05, 0) is 37.1 Å². The van der Waals surface area contributed by atoms with Crippen LogP contribution in [-0.4, -0.2) is 49.3 Å². The maximum absolute atomic E-state index is 12.7. The molecule has 0 spiro atoms. The number of nitrogens with zero attached hydrogens (tertiary/aromatic N) is 2. The van der Waals surface area contributed by atoms with Crippen molar-refractivity contribution in [2.45, 2.75) is 18.2 Å². The highest BCUT2D eigenvalue weighted by Crippen LogP contribution is 2.35. The number of hydrogen-bond acceptors (Lipinski definition) is 4. The molecular formula is C16H24ClN3OS. The van der Waals surface area contributed by atoms with Gasteiger partial charge in [0.2, 0.25) is 5.91 Å². The van der Waals surface area contributed by atoms with Gasteiger partial charge in [0.25, 0.3) is 0 Å². The van der Waals surface area contributed by atoms with Gasteiger partial charge in [0.05, 0.1) is 12.2 Å². The van der Waals surface area contributed by atoms with Gasteiger partial charge in [0.15, 0.2) is 0 Å². The van der Waals surface area contributed by atoms with E-state index in [1.165, 1.54) is 4.90 Å². The molecule has 2 N–H and O–H groups in total. The van der Waals surface area contributed by atoms with Gasteiger partial charge in [0.1, 0.15) is 0 Å². The molecule has 0 aromatic heterocycles. The van der Waals surface area contributed by atoms with Crippen LogP contribution in [0.3, 0.4) is 0 Å². The molecule has 2 aliphatic heterocycles. The van der Waals surface area contributed by atoms with Gasteiger partial charge < -0.3 is 10.6 Å². The largest absolute Gasteiger partial charge is 0.330 e. The molecule has 2 aliphatic rings. The Hall–Kier alpha value is -0.750. The Morgan fingerprint density at radius 2 is 2.14 bits per heavy atom. The molecule has 22 heavy (non-hydrogen) atoms. The first kappa shape index (κ1) is 17.6. The number of carbonyl (C=O) groups is 1. The zero-order chi connectivity index (χ0) is 14.9. The Bertz CT molecular complexity index is 542. The molecule has 1 amide bonds. The number of hydrogen-bond donors (Lipinski definition) is 1. The Morgan fingerprint density at radius 3 is 2.86 bits per heavy atom. The summed E-state index contributed by atoms with van der Waals surface area (Å²) in [5.41, 5.74) is 7.09. The molecule has 2 heterocycles. The van der Waals surface area contributed by atoms with Crippen LogP contribution in [0, 0.1) is 5.41 Å². The Morgan fingerprint density at radius 1 is 1.36 bits per heavy atom. The Labute approximate surface area is 142 Å². The molecule has 1 fully saturated rings. The summed E-state index contributed by atoms with van der Waals surface area (Å²) in [5, 5.41) is 0. The first-order valence-corrected chi connectivity index (χ1v) is 8.54. The summed E-state index contributed by atoms with van der Waals surface area (Å²) in [6.07, 6.45) is 1.09. The second-order valence-corrected chi connectivity index (χ2v) is 7.47. The minimum atomic E-state index is 0. The second-order valence-electron chi connectivity index (χ2n) is 6.34. The normalized spacial score (nSPS) is 24.7. The number of rotatable bonds is 3. The number of amides is 1. The number of anilines is 1. The van der Waals surface area contributed by atoms with Crippen LogP contribution in [0.4, 0.5) is 5.69 Å². The SMILES string of the molecule is CC1(CN)CCN(CC(=O)N2CCSc3ccccc32)C1.Cl. The monoisotopic (exact) mass is 341 g/mol. The minimum absolute atomic E-state index is 0. The van der Waals surface area contributed by atoms with E-state index in [1.807, 2.05) is 34.9 Å². The van der Waals surface area contributed by atoms with E-state index in [1.54, 1.807) is 0 Å². The zero-order valence-electron chi connectivity index (χ0n) is 13.0. The van der Waals surface area contributed by atoms with Crippen molar-refractivity contribution in [3.8, 4) is 0 Å². The standard InChI is InChI=1S/C16H23N3OS.ClH/c1-16(11-17)6-7-18(12-16)10-15(20)19-8-9-21-14-5-3-2-4-13(14)19;/h2-5H,6-12,17H2,1H3;1H. The maximum atomic E-state index is 12.7. The lowest BCUT2D eigenvalue weighted by atomic mass is 9.90. The zero-order valence-corrected chi connectivity index (χ0v) is 14.6. The van der Waals surface area contributed by atoms with Crippen molar-refractivity contribution in [1.82, 2.24) is 4.90 Å². The van der Waals surface area contributed by atoms with E-state index in [2.05, 4.69) is 17.9 Å². The van der Waals surface area contributed by atoms with E-state index >= 15 is 0 Å². The smallest absolute Gasteiger partial charge is 0.241 e. The third-order valence-corrected chi connectivity index (χ3v) is 5.56. The molecule has 1 aromatic rings. The summed E-state index contributed by atoms with van der Waals surface area (Å²) in [7, 11) is 0. The van der Waals surface area contributed by atoms with Crippen molar-refractivity contribution in [1.29, 1.82) is 0 Å². The molecule has 1 atom stereocenters. The van der Waals surface area contributed by atoms with Crippen molar-refractivity contribution in [2.75, 3.05) is 43.4 Å². The van der Waals surface area contributed by atoms with Crippen LogP contribution in [0.5, 0.6) is 0 Å². The summed E-state index contributed by atoms with van der Waals surface area (Å²) >= 11 is 1.83. The highest BCUT2D eigenvalue weighted by Gasteiger charge is 2.34. The number of benzene rings is 1. The summed E-state index contributed by atoms with van der Waals surface area (Å²) in [6.45, 7) is 6.13. The lowest BCUT2D eigenvalue weighted by Crippen LogP contribution is -2.43. The van der Waals surface area contributed by atoms with E-state index in [0.29, 0.717) is 13.1 Å². The average Bonchev–Trinajstić information content (AvgIpc) is 2.88. The van der Waals surface area contributed by atoms with E-state index in [-0.39, 0.29) is 23.7 Å². The molecule has 0 saturated carbocycles. The fourth-order valence-electron chi connectivity index (χ4n) is 3.13. The van der Waals surface area contributed by atoms with Gasteiger partial charge in [0, 0.05) is 23.7 Å². The topological polar surface area (TPSA) is 49.6 Å². The molecule has 6 heteroatoms. The summed E-state index contributed by atoms with van der Waals surface area (Å²) < 4.78 is 0. The Kier molecular flexibility index (Phi) is 5.77. The molecule has 122 valence electrons. The molecule has 3 rings (SSSR count). The number of fused-ring (bicyclic) bond motifs is 1. The van der Waals surface area contributed by atoms with Gasteiger partial charge >= 0.3 is 0 Å². The van der Waals surface area contributed by atoms with E-state index in [0.717, 1.165) is 37.5 Å². The fourth-order valence-corrected chi connectivity index (χ4v) is 4.13. The molecule has 1 aromatic carbocycles. The van der Waals surface area contributed by atoms with E-state index in [9.17, 15) is 4.79 Å². The molecule has 1 saturated heterocycles. The van der Waals surface area contributed by atoms with Gasteiger partial charge in [-0.25, -0.2) is 0 Å². The van der Waals surface area contributed by atoms with Gasteiger partial charge in [-0.3, -0.25) is 9.69 Å². The van der Waals surface area contributed by atoms with E-state index < -0.39 is 0 Å². The summed E-state index contributed by atoms with van der Waals surface area (Å²) in [6, 6.07) is 8.19. The fraction of sp³-hybridized carbons (Fsp3) is 0.562. The van der Waals surface area contributed by atoms with Crippen LogP contribution >= 0.6 is 24.2 Å². The predicted molar refractivity (Wildman–Crippen MR) is 95.0 cm³/mol. The number of halogens is 1. The number of carbonyl (C=O) groups excluding carboxylic acids is 1. The van der Waals surface area contributed by atoms with Crippen molar-refractivity contribution in [3.63, 3.8) is 0 Å². The maximum Gasteiger partial charge on any atom is 0.241 e. The lowest BCUT2D eigenvalue weighted by molar-refractivity contribution is -0.119. The highest BCUT2D eigenvalue weighted by molar-refractivity contribution is 7.99. The average molecular weight is 342 g/mol. The lowest BCUT2D eigenvalue weighted by Gasteiger charge is -2.30. The number of thioether (sulfide) groups is 1. The molecule has 0 radical (unpaired) electrons. The molecule has 4 nitrogen and oxygen atoms in total. The van der Waals surface area contributed by atoms with Crippen LogP contribution in [0.15, 0.2) is 29.2 Å². The van der Waals surface area contributed by atoms with Crippen molar-refractivity contribution < 1.29 is 4.79 Å². The van der Waals surface area contributed by atoms with Gasteiger partial charge in [-0.1, -0.05) is 19.1 Å². The molecule has 1 unspecified atom stereocenters. The summed E-state index contributed by atoms with van der Waals surface area (Å²) in [4.78, 5) is 18.1. The number of likely N-dealkylation sites (tertiary alicyclic amines) is 1. The van der Waals surface area contributed by atoms with Crippen LogP contribution in [-0.2, 0) is 4.79 Å². The van der Waals surface area contributed by atoms with E-state index in [4.69, 9.17) is 5.73 Å². The molecule has 0 aliphatic carbocycles. The molecule has 0 bridgehead atoms. The van der Waals surface area contributed by atoms with Crippen LogP contribution < -0.4 is 10.6 Å². The Balaban J connectivity index is 0.00000176. The predicted octanol–water partition coefficient (Wildman–Crippen LogP) is 2.22. The highest BCUT2D eigenvalue weighted by atomic mass is 35.5. The third kappa shape index (κ3) is 3.59. The van der Waals surface area contributed by atoms with Crippen LogP contribution in [0.1, 0.15) is 13.3 Å². The summed E-state index contributed by atoms with van der Waals surface area (Å²) in [5.74, 6) is 1.19. The number of nitrogens with two attached hydrogens (primary N) is 1. The second kappa shape index (κ2) is 7.21. The van der Waals surface area contributed by atoms with Gasteiger partial charge in [-0.15, -0.1) is 24.2 Å². The van der Waals surface area contributed by atoms with Gasteiger partial charge in [-0.2, -0.15) is 0 Å². The minimum Gasteiger partial charge on any atom is -0.330 e. The van der Waals surface area contributed by atoms with Crippen LogP contribution in [0.2, 0.25) is 0 Å². The molecular weight excluding hydrogens is 318 g/mol. The van der Waals surface area contributed by atoms with Crippen molar-refractivity contribution in [2.24, 2.45) is 11.1 Å². The van der Waals surface area contributed by atoms with Crippen molar-refractivity contribution >= 4 is 35.8 Å². The van der Waals surface area contributed by atoms with Crippen molar-refractivity contribution in [3.05, 3.63) is 24.3 Å². The first-order chi connectivity index (χ1) is 10.1. The van der Waals surface area contributed by atoms with Crippen LogP contribution in [0.25, 0.3) is 0 Å². The first-order valence-electron chi connectivity index (χ1n) is 7.56. The number of para-hydroxylation sites is 1. The third-order valence-electron chi connectivity index (χ3n) is 4.52. The quantitative estimate of drug-likeness (QED) is 0.915.